The summed E-state index contributed by atoms with van der Waals surface area (Å²) in [5.74, 6) is 0.591. The zero-order valence-corrected chi connectivity index (χ0v) is 11.2. The predicted octanol–water partition coefficient (Wildman–Crippen LogP) is 2.62. The molecule has 0 saturated carbocycles. The molecular weight excluding hydrogens is 240 g/mol. The molecule has 5 heteroatoms. The van der Waals surface area contributed by atoms with Gasteiger partial charge in [-0.25, -0.2) is 4.98 Å². The first-order valence-corrected chi connectivity index (χ1v) is 6.26. The van der Waals surface area contributed by atoms with Crippen molar-refractivity contribution >= 4 is 11.0 Å². The number of H-pyrrole nitrogens is 2. The zero-order valence-electron chi connectivity index (χ0n) is 11.2. The first kappa shape index (κ1) is 11.9. The van der Waals surface area contributed by atoms with Crippen molar-refractivity contribution in [3.8, 4) is 11.1 Å². The van der Waals surface area contributed by atoms with Crippen molar-refractivity contribution in [2.24, 2.45) is 0 Å². The molecule has 0 spiro atoms. The highest BCUT2D eigenvalue weighted by Gasteiger charge is 2.12. The van der Waals surface area contributed by atoms with Crippen LogP contribution in [-0.2, 0) is 0 Å². The van der Waals surface area contributed by atoms with Crippen LogP contribution in [0.4, 0.5) is 0 Å². The molecule has 98 valence electrons. The molecule has 3 N–H and O–H groups in total. The number of nitrogens with zero attached hydrogens (tertiary/aromatic N) is 2. The number of nitrogens with one attached hydrogen (secondary N) is 2. The fourth-order valence-corrected chi connectivity index (χ4v) is 2.36. The molecule has 3 rings (SSSR count). The number of benzene rings is 1. The van der Waals surface area contributed by atoms with Gasteiger partial charge in [0, 0.05) is 11.3 Å². The van der Waals surface area contributed by atoms with Gasteiger partial charge < -0.3 is 10.1 Å². The third-order valence-electron chi connectivity index (χ3n) is 3.31. The molecule has 0 unspecified atom stereocenters. The van der Waals surface area contributed by atoms with Gasteiger partial charge in [-0.05, 0) is 38.5 Å². The van der Waals surface area contributed by atoms with E-state index in [0.717, 1.165) is 33.5 Å². The average molecular weight is 256 g/mol. The Morgan fingerprint density at radius 1 is 1.26 bits per heavy atom. The topological polar surface area (TPSA) is 77.6 Å². The van der Waals surface area contributed by atoms with Crippen molar-refractivity contribution in [1.29, 1.82) is 0 Å². The molecule has 2 heterocycles. The van der Waals surface area contributed by atoms with Crippen molar-refractivity contribution in [2.45, 2.75) is 26.9 Å². The second-order valence-corrected chi connectivity index (χ2v) is 4.84. The number of hydrogen-bond acceptors (Lipinski definition) is 3. The number of aromatic amines is 2. The summed E-state index contributed by atoms with van der Waals surface area (Å²) in [6.07, 6.45) is -0.590. The SMILES string of the molecule is Cc1n[nH]c(C)c1-c1ccc2nc([C@H](C)O)[nH]c2c1. The van der Waals surface area contributed by atoms with Gasteiger partial charge >= 0.3 is 0 Å². The average Bonchev–Trinajstić information content (AvgIpc) is 2.92. The molecular formula is C14H16N4O. The second kappa shape index (κ2) is 4.20. The van der Waals surface area contributed by atoms with Gasteiger partial charge in [-0.2, -0.15) is 5.10 Å². The molecule has 0 radical (unpaired) electrons. The van der Waals surface area contributed by atoms with Crippen LogP contribution in [0.15, 0.2) is 18.2 Å². The maximum absolute atomic E-state index is 9.56. The Morgan fingerprint density at radius 3 is 2.68 bits per heavy atom. The van der Waals surface area contributed by atoms with E-state index in [-0.39, 0.29) is 0 Å². The largest absolute Gasteiger partial charge is 0.385 e. The van der Waals surface area contributed by atoms with E-state index >= 15 is 0 Å². The molecule has 0 aliphatic rings. The smallest absolute Gasteiger partial charge is 0.135 e. The molecule has 0 aliphatic heterocycles. The number of rotatable bonds is 2. The highest BCUT2D eigenvalue weighted by atomic mass is 16.3. The molecule has 0 saturated heterocycles. The summed E-state index contributed by atoms with van der Waals surface area (Å²) in [5.41, 5.74) is 6.03. The third-order valence-corrected chi connectivity index (χ3v) is 3.31. The van der Waals surface area contributed by atoms with Crippen molar-refractivity contribution in [3.05, 3.63) is 35.4 Å². The molecule has 19 heavy (non-hydrogen) atoms. The van der Waals surface area contributed by atoms with Crippen LogP contribution in [0.25, 0.3) is 22.2 Å². The summed E-state index contributed by atoms with van der Waals surface area (Å²) < 4.78 is 0. The van der Waals surface area contributed by atoms with Crippen molar-refractivity contribution in [3.63, 3.8) is 0 Å². The number of hydrogen-bond donors (Lipinski definition) is 3. The number of aromatic nitrogens is 4. The molecule has 1 atom stereocenters. The van der Waals surface area contributed by atoms with Gasteiger partial charge in [0.05, 0.1) is 16.7 Å². The van der Waals surface area contributed by atoms with E-state index in [9.17, 15) is 5.11 Å². The van der Waals surface area contributed by atoms with Gasteiger partial charge in [0.25, 0.3) is 0 Å². The van der Waals surface area contributed by atoms with E-state index in [1.807, 2.05) is 32.0 Å². The Balaban J connectivity index is 2.16. The Hall–Kier alpha value is -2.14. The summed E-state index contributed by atoms with van der Waals surface area (Å²) >= 11 is 0. The lowest BCUT2D eigenvalue weighted by Gasteiger charge is -2.01. The summed E-state index contributed by atoms with van der Waals surface area (Å²) in [7, 11) is 0. The van der Waals surface area contributed by atoms with Crippen LogP contribution >= 0.6 is 0 Å². The van der Waals surface area contributed by atoms with Crippen molar-refractivity contribution in [2.75, 3.05) is 0 Å². The maximum Gasteiger partial charge on any atom is 0.135 e. The fourth-order valence-electron chi connectivity index (χ4n) is 2.36. The van der Waals surface area contributed by atoms with E-state index in [0.29, 0.717) is 5.82 Å². The van der Waals surface area contributed by atoms with Gasteiger partial charge in [0.2, 0.25) is 0 Å². The normalized spacial score (nSPS) is 13.1. The fraction of sp³-hybridized carbons (Fsp3) is 0.286. The van der Waals surface area contributed by atoms with Crippen LogP contribution in [-0.4, -0.2) is 25.3 Å². The van der Waals surface area contributed by atoms with Gasteiger partial charge in [-0.15, -0.1) is 0 Å². The second-order valence-electron chi connectivity index (χ2n) is 4.84. The molecule has 0 aliphatic carbocycles. The van der Waals surface area contributed by atoms with Crippen LogP contribution in [0.5, 0.6) is 0 Å². The van der Waals surface area contributed by atoms with E-state index in [1.54, 1.807) is 6.92 Å². The molecule has 5 nitrogen and oxygen atoms in total. The Morgan fingerprint density at radius 2 is 2.05 bits per heavy atom. The standard InChI is InChI=1S/C14H16N4O/c1-7-13(8(2)18-17-7)10-4-5-11-12(6-10)16-14(15-11)9(3)19/h4-6,9,19H,1-3H3,(H,15,16)(H,17,18)/t9-/m0/s1. The van der Waals surface area contributed by atoms with Crippen LogP contribution in [0.1, 0.15) is 30.2 Å². The van der Waals surface area contributed by atoms with E-state index in [2.05, 4.69) is 20.2 Å². The minimum atomic E-state index is -0.590. The van der Waals surface area contributed by atoms with Gasteiger partial charge in [-0.3, -0.25) is 5.10 Å². The third kappa shape index (κ3) is 1.92. The number of imidazole rings is 1. The highest BCUT2D eigenvalue weighted by Crippen LogP contribution is 2.28. The number of aryl methyl sites for hydroxylation is 2. The number of fused-ring (bicyclic) bond motifs is 1. The number of aliphatic hydroxyl groups excluding tert-OH is 1. The van der Waals surface area contributed by atoms with E-state index < -0.39 is 6.10 Å². The summed E-state index contributed by atoms with van der Waals surface area (Å²) in [5, 5.41) is 16.8. The number of aliphatic hydroxyl groups is 1. The molecule has 3 aromatic rings. The summed E-state index contributed by atoms with van der Waals surface area (Å²) in [6, 6.07) is 6.03. The Bertz CT molecular complexity index is 720. The van der Waals surface area contributed by atoms with Crippen molar-refractivity contribution in [1.82, 2.24) is 20.2 Å². The summed E-state index contributed by atoms with van der Waals surface area (Å²) in [6.45, 7) is 5.69. The molecule has 0 bridgehead atoms. The highest BCUT2D eigenvalue weighted by molar-refractivity contribution is 5.83. The lowest BCUT2D eigenvalue weighted by Crippen LogP contribution is -1.92. The lowest BCUT2D eigenvalue weighted by molar-refractivity contribution is 0.190. The Kier molecular flexibility index (Phi) is 2.64. The minimum Gasteiger partial charge on any atom is -0.385 e. The molecule has 0 fully saturated rings. The lowest BCUT2D eigenvalue weighted by atomic mass is 10.0. The van der Waals surface area contributed by atoms with Crippen LogP contribution in [0.3, 0.4) is 0 Å². The zero-order chi connectivity index (χ0) is 13.6. The quantitative estimate of drug-likeness (QED) is 0.659. The van der Waals surface area contributed by atoms with Crippen molar-refractivity contribution < 1.29 is 5.11 Å². The molecule has 1 aromatic carbocycles. The van der Waals surface area contributed by atoms with Crippen LogP contribution < -0.4 is 0 Å². The van der Waals surface area contributed by atoms with E-state index in [1.165, 1.54) is 0 Å². The van der Waals surface area contributed by atoms with Crippen LogP contribution in [0.2, 0.25) is 0 Å². The Labute approximate surface area is 110 Å². The van der Waals surface area contributed by atoms with Crippen LogP contribution in [0, 0.1) is 13.8 Å². The van der Waals surface area contributed by atoms with Gasteiger partial charge in [0.1, 0.15) is 11.9 Å². The first-order valence-electron chi connectivity index (χ1n) is 6.26. The van der Waals surface area contributed by atoms with E-state index in [4.69, 9.17) is 0 Å². The molecule has 0 amide bonds. The van der Waals surface area contributed by atoms with Gasteiger partial charge in [-0.1, -0.05) is 6.07 Å². The monoisotopic (exact) mass is 256 g/mol. The summed E-state index contributed by atoms with van der Waals surface area (Å²) in [4.78, 5) is 7.50. The predicted molar refractivity (Wildman–Crippen MR) is 73.8 cm³/mol. The van der Waals surface area contributed by atoms with Gasteiger partial charge in [0.15, 0.2) is 0 Å². The maximum atomic E-state index is 9.56. The molecule has 2 aromatic heterocycles. The minimum absolute atomic E-state index is 0.590. The first-order chi connectivity index (χ1) is 9.06.